The SMILES string of the molecule is CC(=O)N[C@@H](C(C)C)[C@@H](O)C(=O)O[C@H]1C[C@@]2(O)[C@@H](OC(C)=O)[C@@H]3[C@]4(O)CO[C@@H]4C[C@H](O)[C@@]3(C)C(=O)[C@H](O)C(=C1C)C2(C)C.[Ac].[Ac]. The molecular weight excluding hydrogens is 1020 g/mol. The molecule has 15 heteroatoms. The number of carbonyl (C=O) groups is 4. The molecule has 0 aromatic heterocycles. The van der Waals surface area contributed by atoms with Gasteiger partial charge in [0, 0.05) is 126 Å². The second-order valence-corrected chi connectivity index (χ2v) is 13.8. The number of esters is 2. The molecule has 2 bridgehead atoms. The van der Waals surface area contributed by atoms with Crippen LogP contribution in [0.4, 0.5) is 0 Å². The van der Waals surface area contributed by atoms with E-state index in [2.05, 4.69) is 5.32 Å². The number of aliphatic hydroxyl groups is 5. The van der Waals surface area contributed by atoms with Crippen molar-refractivity contribution in [3.05, 3.63) is 11.1 Å². The Morgan fingerprint density at radius 1 is 1.04 bits per heavy atom. The molecule has 0 aromatic rings. The van der Waals surface area contributed by atoms with Crippen LogP contribution in [0.1, 0.15) is 68.2 Å². The third kappa shape index (κ3) is 6.57. The first kappa shape index (κ1) is 41.6. The minimum atomic E-state index is -2.18. The summed E-state index contributed by atoms with van der Waals surface area (Å²) in [7, 11) is 0. The van der Waals surface area contributed by atoms with Gasteiger partial charge >= 0.3 is 11.9 Å². The van der Waals surface area contributed by atoms with Crippen LogP contribution in [-0.2, 0) is 33.4 Å². The maximum atomic E-state index is 14.3. The number of amides is 1. The predicted molar refractivity (Wildman–Crippen MR) is 148 cm³/mol. The Morgan fingerprint density at radius 3 is 2.09 bits per heavy atom. The van der Waals surface area contributed by atoms with Crippen molar-refractivity contribution in [2.45, 2.75) is 122 Å². The number of carbonyl (C=O) groups excluding carboxylic acids is 4. The zero-order chi connectivity index (χ0) is 32.6. The molecule has 13 nitrogen and oxygen atoms in total. The predicted octanol–water partition coefficient (Wildman–Crippen LogP) is -0.710. The van der Waals surface area contributed by atoms with Gasteiger partial charge in [0.05, 0.1) is 30.3 Å². The van der Waals surface area contributed by atoms with Crippen molar-refractivity contribution in [1.29, 1.82) is 0 Å². The first-order valence-corrected chi connectivity index (χ1v) is 14.7. The summed E-state index contributed by atoms with van der Waals surface area (Å²) in [5.41, 5.74) is -7.14. The summed E-state index contributed by atoms with van der Waals surface area (Å²) in [6.07, 6.45) is -9.55. The summed E-state index contributed by atoms with van der Waals surface area (Å²) in [5, 5.41) is 61.0. The van der Waals surface area contributed by atoms with Crippen LogP contribution in [0.15, 0.2) is 11.1 Å². The number of fused-ring (bicyclic) bond motifs is 5. The summed E-state index contributed by atoms with van der Waals surface area (Å²) in [5.74, 6) is -5.08. The average Bonchev–Trinajstić information content (AvgIpc) is 2.89. The first-order chi connectivity index (χ1) is 19.7. The van der Waals surface area contributed by atoms with Crippen molar-refractivity contribution in [1.82, 2.24) is 5.32 Å². The largest absolute Gasteiger partial charge is 0.459 e. The molecule has 6 N–H and O–H groups in total. The van der Waals surface area contributed by atoms with E-state index in [-0.39, 0.29) is 118 Å². The molecule has 248 valence electrons. The van der Waals surface area contributed by atoms with Crippen LogP contribution in [0.2, 0.25) is 0 Å². The van der Waals surface area contributed by atoms with Crippen LogP contribution >= 0.6 is 0 Å². The minimum absolute atomic E-state index is 0. The Hall–Kier alpha value is 0.463. The maximum Gasteiger partial charge on any atom is 0.337 e. The Labute approximate surface area is 334 Å². The second kappa shape index (κ2) is 14.4. The number of hydrogen-bond donors (Lipinski definition) is 6. The summed E-state index contributed by atoms with van der Waals surface area (Å²) in [6.45, 7) is 11.5. The van der Waals surface area contributed by atoms with Crippen LogP contribution in [0.25, 0.3) is 0 Å². The van der Waals surface area contributed by atoms with E-state index in [0.29, 0.717) is 0 Å². The van der Waals surface area contributed by atoms with Crippen molar-refractivity contribution in [3.8, 4) is 0 Å². The van der Waals surface area contributed by atoms with E-state index in [4.69, 9.17) is 14.2 Å². The molecular formula is C30H45Ac2NO12. The van der Waals surface area contributed by atoms with Crippen LogP contribution in [-0.4, -0.2) is 110 Å². The molecule has 2 radical (unpaired) electrons. The summed E-state index contributed by atoms with van der Waals surface area (Å²) in [6, 6.07) is -0.998. The van der Waals surface area contributed by atoms with Gasteiger partial charge in [0.1, 0.15) is 29.5 Å². The van der Waals surface area contributed by atoms with Crippen LogP contribution in [0.5, 0.6) is 0 Å². The van der Waals surface area contributed by atoms with E-state index >= 15 is 0 Å². The van der Waals surface area contributed by atoms with Gasteiger partial charge in [0.25, 0.3) is 0 Å². The fourth-order valence-corrected chi connectivity index (χ4v) is 8.00. The van der Waals surface area contributed by atoms with Crippen LogP contribution in [0, 0.1) is 111 Å². The van der Waals surface area contributed by atoms with E-state index in [1.54, 1.807) is 27.7 Å². The number of aliphatic hydroxyl groups excluding tert-OH is 3. The minimum Gasteiger partial charge on any atom is -0.459 e. The number of hydrogen-bond acceptors (Lipinski definition) is 12. The molecule has 0 spiro atoms. The van der Waals surface area contributed by atoms with Gasteiger partial charge in [-0.3, -0.25) is 14.4 Å². The molecule has 3 fully saturated rings. The van der Waals surface area contributed by atoms with Gasteiger partial charge in [-0.15, -0.1) is 0 Å². The Morgan fingerprint density at radius 2 is 1.62 bits per heavy atom. The monoisotopic (exact) mass is 1070 g/mol. The smallest absolute Gasteiger partial charge is 0.337 e. The van der Waals surface area contributed by atoms with Gasteiger partial charge in [-0.1, -0.05) is 27.7 Å². The normalized spacial score (nSPS) is 39.6. The Balaban J connectivity index is 0.00000353. The number of nitrogens with one attached hydrogen (secondary N) is 1. The van der Waals surface area contributed by atoms with Crippen molar-refractivity contribution >= 4 is 23.6 Å². The van der Waals surface area contributed by atoms with Crippen LogP contribution < -0.4 is 5.32 Å². The first-order valence-electron chi connectivity index (χ1n) is 14.7. The second-order valence-electron chi connectivity index (χ2n) is 13.8. The summed E-state index contributed by atoms with van der Waals surface area (Å²) in [4.78, 5) is 51.8. The van der Waals surface area contributed by atoms with E-state index in [1.165, 1.54) is 20.8 Å². The van der Waals surface area contributed by atoms with Crippen molar-refractivity contribution in [2.24, 2.45) is 22.7 Å². The molecule has 4 rings (SSSR count). The molecule has 4 aliphatic rings. The molecule has 11 atom stereocenters. The summed E-state index contributed by atoms with van der Waals surface area (Å²) >= 11 is 0. The van der Waals surface area contributed by atoms with Crippen molar-refractivity contribution in [3.63, 3.8) is 0 Å². The fourth-order valence-electron chi connectivity index (χ4n) is 8.00. The van der Waals surface area contributed by atoms with Crippen LogP contribution in [0.3, 0.4) is 0 Å². The van der Waals surface area contributed by atoms with Gasteiger partial charge in [0.15, 0.2) is 11.9 Å². The van der Waals surface area contributed by atoms with Crippen molar-refractivity contribution in [2.75, 3.05) is 6.61 Å². The molecule has 0 unspecified atom stereocenters. The van der Waals surface area contributed by atoms with E-state index < -0.39 is 101 Å². The third-order valence-electron chi connectivity index (χ3n) is 10.6. The molecule has 1 saturated heterocycles. The third-order valence-corrected chi connectivity index (χ3v) is 10.6. The number of Topliss-reactive ketones (excluding diaryl/α,β-unsaturated/α-hetero) is 1. The van der Waals surface area contributed by atoms with Gasteiger partial charge in [-0.2, -0.15) is 0 Å². The van der Waals surface area contributed by atoms with Gasteiger partial charge in [-0.05, 0) is 30.9 Å². The standard InChI is InChI=1S/C30H45NO12.2Ac/c1-12(2)20(31-14(4)32)22(36)26(38)43-16-10-30(40)25(42-15(5)33)23-28(8,17(34)9-18-29(23,39)11-41-18)24(37)21(35)19(13(16)3)27(30,6)7;;/h12,16-18,20-23,25,34-36,39-40H,9-11H2,1-8H3,(H,31,32);;/t16-,17-,18+,20-,21+,22+,23-,25-,28+,29-,30+;;/m0../s1. The summed E-state index contributed by atoms with van der Waals surface area (Å²) < 4.78 is 17.0. The quantitative estimate of drug-likeness (QED) is 0.144. The molecule has 2 saturated carbocycles. The van der Waals surface area contributed by atoms with Gasteiger partial charge < -0.3 is 45.1 Å². The zero-order valence-corrected chi connectivity index (χ0v) is 36.6. The zero-order valence-electron chi connectivity index (χ0n) is 27.1. The topological polar surface area (TPSA) is 209 Å². The fraction of sp³-hybridized carbons (Fsp3) is 0.800. The maximum absolute atomic E-state index is 14.3. The Kier molecular flexibility index (Phi) is 13.3. The Bertz CT molecular complexity index is 1240. The molecule has 1 aliphatic heterocycles. The van der Waals surface area contributed by atoms with Crippen molar-refractivity contribution < 1.29 is 147 Å². The molecule has 3 aliphatic carbocycles. The molecule has 0 aromatic carbocycles. The number of rotatable bonds is 6. The molecule has 1 heterocycles. The number of ether oxygens (including phenoxy) is 3. The molecule has 1 amide bonds. The van der Waals surface area contributed by atoms with E-state index in [9.17, 15) is 44.7 Å². The molecule has 45 heavy (non-hydrogen) atoms. The van der Waals surface area contributed by atoms with Gasteiger partial charge in [0.2, 0.25) is 5.91 Å². The van der Waals surface area contributed by atoms with E-state index in [1.807, 2.05) is 0 Å². The van der Waals surface area contributed by atoms with Gasteiger partial charge in [-0.25, -0.2) is 4.79 Å². The van der Waals surface area contributed by atoms with E-state index in [0.717, 1.165) is 6.92 Å². The average molecular weight is 1070 g/mol. The number of ketones is 1.